The first-order valence-corrected chi connectivity index (χ1v) is 6.54. The van der Waals surface area contributed by atoms with E-state index in [-0.39, 0.29) is 5.91 Å². The molecule has 0 aromatic heterocycles. The van der Waals surface area contributed by atoms with Crippen molar-refractivity contribution < 1.29 is 9.53 Å². The number of hydrazine groups is 1. The molecule has 0 saturated heterocycles. The average molecular weight is 311 g/mol. The van der Waals surface area contributed by atoms with E-state index in [0.717, 1.165) is 5.56 Å². The van der Waals surface area contributed by atoms with Gasteiger partial charge in [0.05, 0.1) is 10.0 Å². The first kappa shape index (κ1) is 14.7. The molecule has 3 N–H and O–H groups in total. The second-order valence-corrected chi connectivity index (χ2v) is 4.82. The number of benzene rings is 2. The molecule has 2 aromatic rings. The standard InChI is InChI=1S/C14H12Cl2N2O2/c15-11-2-1-3-12(16)13(11)20-8-9-4-6-10(7-5-9)14(19)18-17/h1-7H,8,17H2,(H,18,19). The van der Waals surface area contributed by atoms with E-state index in [1.807, 2.05) is 0 Å². The Kier molecular flexibility index (Phi) is 4.84. The van der Waals surface area contributed by atoms with Crippen LogP contribution in [0.3, 0.4) is 0 Å². The largest absolute Gasteiger partial charge is 0.486 e. The summed E-state index contributed by atoms with van der Waals surface area (Å²) in [5, 5.41) is 0.910. The minimum atomic E-state index is -0.341. The van der Waals surface area contributed by atoms with Crippen LogP contribution in [0, 0.1) is 0 Å². The van der Waals surface area contributed by atoms with Crippen molar-refractivity contribution in [2.75, 3.05) is 0 Å². The molecule has 0 fully saturated rings. The summed E-state index contributed by atoms with van der Waals surface area (Å²) in [4.78, 5) is 11.3. The van der Waals surface area contributed by atoms with Crippen LogP contribution < -0.4 is 16.0 Å². The fourth-order valence-corrected chi connectivity index (χ4v) is 2.12. The molecular formula is C14H12Cl2N2O2. The molecule has 0 saturated carbocycles. The Morgan fingerprint density at radius 3 is 2.25 bits per heavy atom. The number of nitrogen functional groups attached to an aromatic ring is 1. The Morgan fingerprint density at radius 2 is 1.70 bits per heavy atom. The van der Waals surface area contributed by atoms with Crippen molar-refractivity contribution >= 4 is 29.1 Å². The molecule has 0 atom stereocenters. The number of amides is 1. The molecule has 20 heavy (non-hydrogen) atoms. The lowest BCUT2D eigenvalue weighted by atomic mass is 10.1. The quantitative estimate of drug-likeness (QED) is 0.518. The Balaban J connectivity index is 2.06. The molecule has 1 amide bonds. The van der Waals surface area contributed by atoms with E-state index in [1.54, 1.807) is 42.5 Å². The van der Waals surface area contributed by atoms with Gasteiger partial charge in [0, 0.05) is 5.56 Å². The van der Waals surface area contributed by atoms with Crippen molar-refractivity contribution in [2.24, 2.45) is 5.84 Å². The van der Waals surface area contributed by atoms with Crippen molar-refractivity contribution in [3.63, 3.8) is 0 Å². The van der Waals surface area contributed by atoms with E-state index in [1.165, 1.54) is 0 Å². The predicted octanol–water partition coefficient (Wildman–Crippen LogP) is 3.18. The van der Waals surface area contributed by atoms with E-state index in [0.29, 0.717) is 28.0 Å². The van der Waals surface area contributed by atoms with Gasteiger partial charge in [-0.25, -0.2) is 5.84 Å². The topological polar surface area (TPSA) is 64.3 Å². The van der Waals surface area contributed by atoms with E-state index in [4.69, 9.17) is 33.8 Å². The summed E-state index contributed by atoms with van der Waals surface area (Å²) in [6.45, 7) is 0.300. The molecule has 2 aromatic carbocycles. The highest BCUT2D eigenvalue weighted by atomic mass is 35.5. The zero-order valence-electron chi connectivity index (χ0n) is 10.4. The molecule has 2 rings (SSSR count). The van der Waals surface area contributed by atoms with Gasteiger partial charge in [0.1, 0.15) is 6.61 Å². The van der Waals surface area contributed by atoms with Gasteiger partial charge in [0.25, 0.3) is 5.91 Å². The normalized spacial score (nSPS) is 10.2. The van der Waals surface area contributed by atoms with Crippen LogP contribution in [-0.2, 0) is 6.61 Å². The maximum absolute atomic E-state index is 11.3. The number of para-hydroxylation sites is 1. The lowest BCUT2D eigenvalue weighted by molar-refractivity contribution is 0.0953. The number of hydrogen-bond acceptors (Lipinski definition) is 3. The summed E-state index contributed by atoms with van der Waals surface area (Å²) in [7, 11) is 0. The van der Waals surface area contributed by atoms with Crippen LogP contribution in [0.2, 0.25) is 10.0 Å². The molecule has 0 heterocycles. The molecular weight excluding hydrogens is 299 g/mol. The Bertz CT molecular complexity index is 595. The molecule has 104 valence electrons. The van der Waals surface area contributed by atoms with Crippen LogP contribution in [0.25, 0.3) is 0 Å². The molecule has 0 aliphatic heterocycles. The zero-order valence-corrected chi connectivity index (χ0v) is 11.9. The van der Waals surface area contributed by atoms with Gasteiger partial charge < -0.3 is 4.74 Å². The van der Waals surface area contributed by atoms with Gasteiger partial charge in [-0.3, -0.25) is 10.2 Å². The third kappa shape index (κ3) is 3.42. The zero-order chi connectivity index (χ0) is 14.5. The minimum Gasteiger partial charge on any atom is -0.486 e. The van der Waals surface area contributed by atoms with Gasteiger partial charge in [-0.05, 0) is 29.8 Å². The second kappa shape index (κ2) is 6.61. The van der Waals surface area contributed by atoms with Crippen LogP contribution in [0.1, 0.15) is 15.9 Å². The van der Waals surface area contributed by atoms with Gasteiger partial charge in [-0.2, -0.15) is 0 Å². The van der Waals surface area contributed by atoms with Gasteiger partial charge in [-0.15, -0.1) is 0 Å². The van der Waals surface area contributed by atoms with Gasteiger partial charge in [0.15, 0.2) is 5.75 Å². The Morgan fingerprint density at radius 1 is 1.10 bits per heavy atom. The van der Waals surface area contributed by atoms with Crippen LogP contribution in [0.15, 0.2) is 42.5 Å². The SMILES string of the molecule is NNC(=O)c1ccc(COc2c(Cl)cccc2Cl)cc1. The summed E-state index contributed by atoms with van der Waals surface area (Å²) < 4.78 is 5.59. The maximum Gasteiger partial charge on any atom is 0.265 e. The third-order valence-electron chi connectivity index (χ3n) is 2.65. The summed E-state index contributed by atoms with van der Waals surface area (Å²) in [6.07, 6.45) is 0. The predicted molar refractivity (Wildman–Crippen MR) is 78.9 cm³/mol. The molecule has 0 aliphatic rings. The van der Waals surface area contributed by atoms with Crippen molar-refractivity contribution in [1.29, 1.82) is 0 Å². The lowest BCUT2D eigenvalue weighted by Gasteiger charge is -2.10. The van der Waals surface area contributed by atoms with Crippen LogP contribution in [-0.4, -0.2) is 5.91 Å². The first-order valence-electron chi connectivity index (χ1n) is 5.78. The number of hydrogen-bond donors (Lipinski definition) is 2. The molecule has 0 unspecified atom stereocenters. The number of halogens is 2. The summed E-state index contributed by atoms with van der Waals surface area (Å²) in [5.41, 5.74) is 3.43. The fraction of sp³-hybridized carbons (Fsp3) is 0.0714. The van der Waals surface area contributed by atoms with E-state index >= 15 is 0 Å². The van der Waals surface area contributed by atoms with Gasteiger partial charge in [-0.1, -0.05) is 41.4 Å². The molecule has 6 heteroatoms. The smallest absolute Gasteiger partial charge is 0.265 e. The maximum atomic E-state index is 11.3. The summed E-state index contributed by atoms with van der Waals surface area (Å²) in [6, 6.07) is 12.0. The van der Waals surface area contributed by atoms with Crippen LogP contribution in [0.5, 0.6) is 5.75 Å². The van der Waals surface area contributed by atoms with Gasteiger partial charge in [0.2, 0.25) is 0 Å². The number of nitrogens with one attached hydrogen (secondary N) is 1. The van der Waals surface area contributed by atoms with Crippen molar-refractivity contribution in [2.45, 2.75) is 6.61 Å². The molecule has 4 nitrogen and oxygen atoms in total. The number of carbonyl (C=O) groups excluding carboxylic acids is 1. The molecule has 0 aliphatic carbocycles. The number of rotatable bonds is 4. The number of nitrogens with two attached hydrogens (primary N) is 1. The molecule has 0 bridgehead atoms. The van der Waals surface area contributed by atoms with Crippen molar-refractivity contribution in [3.05, 3.63) is 63.6 Å². The lowest BCUT2D eigenvalue weighted by Crippen LogP contribution is -2.29. The highest BCUT2D eigenvalue weighted by molar-refractivity contribution is 6.37. The van der Waals surface area contributed by atoms with E-state index in [9.17, 15) is 4.79 Å². The second-order valence-electron chi connectivity index (χ2n) is 4.01. The number of ether oxygens (including phenoxy) is 1. The van der Waals surface area contributed by atoms with E-state index in [2.05, 4.69) is 5.43 Å². The summed E-state index contributed by atoms with van der Waals surface area (Å²) >= 11 is 12.0. The van der Waals surface area contributed by atoms with Gasteiger partial charge >= 0.3 is 0 Å². The monoisotopic (exact) mass is 310 g/mol. The van der Waals surface area contributed by atoms with Crippen molar-refractivity contribution in [3.8, 4) is 5.75 Å². The third-order valence-corrected chi connectivity index (χ3v) is 3.24. The first-order chi connectivity index (χ1) is 9.61. The minimum absolute atomic E-state index is 0.300. The summed E-state index contributed by atoms with van der Waals surface area (Å²) in [5.74, 6) is 5.16. The number of carbonyl (C=O) groups is 1. The fourth-order valence-electron chi connectivity index (χ4n) is 1.61. The van der Waals surface area contributed by atoms with Crippen LogP contribution in [0.4, 0.5) is 0 Å². The Labute approximate surface area is 126 Å². The van der Waals surface area contributed by atoms with E-state index < -0.39 is 0 Å². The Hall–Kier alpha value is -1.75. The average Bonchev–Trinajstić information content (AvgIpc) is 2.46. The highest BCUT2D eigenvalue weighted by Gasteiger charge is 2.07. The van der Waals surface area contributed by atoms with Crippen LogP contribution >= 0.6 is 23.2 Å². The highest BCUT2D eigenvalue weighted by Crippen LogP contribution is 2.32. The molecule has 0 radical (unpaired) electrons. The van der Waals surface area contributed by atoms with Crippen molar-refractivity contribution in [1.82, 2.24) is 5.43 Å². The molecule has 0 spiro atoms.